The zero-order chi connectivity index (χ0) is 7.94. The lowest BCUT2D eigenvalue weighted by atomic mass is 10.3. The molecule has 1 aromatic rings. The van der Waals surface area contributed by atoms with Gasteiger partial charge in [0.05, 0.1) is 6.61 Å². The van der Waals surface area contributed by atoms with E-state index >= 15 is 0 Å². The largest absolute Gasteiger partial charge is 0.494 e. The molecule has 0 fully saturated rings. The molecule has 0 aromatic heterocycles. The average molecular weight is 151 g/mol. The standard InChI is InChI=1S/C9H13NO/c10-7-4-8-11-9-5-2-1-3-6-9/h1-3,5-6H,4,7-8,10H2. The second kappa shape index (κ2) is 4.74. The lowest BCUT2D eigenvalue weighted by Crippen LogP contribution is -2.05. The Labute approximate surface area is 67.0 Å². The van der Waals surface area contributed by atoms with Crippen LogP contribution in [0.4, 0.5) is 0 Å². The van der Waals surface area contributed by atoms with Crippen molar-refractivity contribution in [2.45, 2.75) is 6.42 Å². The lowest BCUT2D eigenvalue weighted by molar-refractivity contribution is 0.313. The topological polar surface area (TPSA) is 35.2 Å². The Hall–Kier alpha value is -1.02. The molecule has 0 aliphatic rings. The first-order valence-electron chi connectivity index (χ1n) is 3.81. The van der Waals surface area contributed by atoms with Gasteiger partial charge in [-0.05, 0) is 25.1 Å². The third-order valence-electron chi connectivity index (χ3n) is 1.36. The van der Waals surface area contributed by atoms with E-state index in [1.165, 1.54) is 0 Å². The van der Waals surface area contributed by atoms with Crippen molar-refractivity contribution in [2.24, 2.45) is 5.73 Å². The maximum atomic E-state index is 5.37. The van der Waals surface area contributed by atoms with Crippen LogP contribution >= 0.6 is 0 Å². The molecule has 0 saturated heterocycles. The number of nitrogens with two attached hydrogens (primary N) is 1. The molecular formula is C9H13NO. The van der Waals surface area contributed by atoms with Gasteiger partial charge in [-0.1, -0.05) is 18.2 Å². The Morgan fingerprint density at radius 1 is 1.18 bits per heavy atom. The zero-order valence-corrected chi connectivity index (χ0v) is 6.49. The van der Waals surface area contributed by atoms with Gasteiger partial charge in [0.15, 0.2) is 0 Å². The van der Waals surface area contributed by atoms with Crippen molar-refractivity contribution >= 4 is 0 Å². The molecule has 0 bridgehead atoms. The van der Waals surface area contributed by atoms with Gasteiger partial charge in [-0.25, -0.2) is 0 Å². The molecule has 0 heterocycles. The van der Waals surface area contributed by atoms with Crippen molar-refractivity contribution < 1.29 is 4.74 Å². The van der Waals surface area contributed by atoms with Crippen LogP contribution in [-0.4, -0.2) is 13.2 Å². The normalized spacial score (nSPS) is 9.55. The summed E-state index contributed by atoms with van der Waals surface area (Å²) in [6, 6.07) is 9.76. The van der Waals surface area contributed by atoms with Crippen LogP contribution in [0.25, 0.3) is 0 Å². The fourth-order valence-electron chi connectivity index (χ4n) is 0.790. The minimum Gasteiger partial charge on any atom is -0.494 e. The van der Waals surface area contributed by atoms with Crippen LogP contribution in [0.5, 0.6) is 5.75 Å². The maximum absolute atomic E-state index is 5.37. The molecule has 1 aromatic carbocycles. The number of benzene rings is 1. The summed E-state index contributed by atoms with van der Waals surface area (Å²) in [6.07, 6.45) is 0.912. The van der Waals surface area contributed by atoms with E-state index in [-0.39, 0.29) is 0 Å². The monoisotopic (exact) mass is 151 g/mol. The molecule has 11 heavy (non-hydrogen) atoms. The third-order valence-corrected chi connectivity index (χ3v) is 1.36. The molecule has 0 aliphatic carbocycles. The summed E-state index contributed by atoms with van der Waals surface area (Å²) in [6.45, 7) is 1.40. The summed E-state index contributed by atoms with van der Waals surface area (Å²) in [4.78, 5) is 0. The van der Waals surface area contributed by atoms with E-state index < -0.39 is 0 Å². The summed E-state index contributed by atoms with van der Waals surface area (Å²) in [5.74, 6) is 0.918. The second-order valence-corrected chi connectivity index (χ2v) is 2.30. The Kier molecular flexibility index (Phi) is 3.48. The molecule has 1 rings (SSSR count). The number of ether oxygens (including phenoxy) is 1. The highest BCUT2D eigenvalue weighted by Gasteiger charge is 1.88. The van der Waals surface area contributed by atoms with Crippen molar-refractivity contribution in [2.75, 3.05) is 13.2 Å². The van der Waals surface area contributed by atoms with Gasteiger partial charge in [0.2, 0.25) is 0 Å². The third kappa shape index (κ3) is 3.05. The van der Waals surface area contributed by atoms with Gasteiger partial charge in [0.25, 0.3) is 0 Å². The van der Waals surface area contributed by atoms with Crippen LogP contribution < -0.4 is 10.5 Å². The number of para-hydroxylation sites is 1. The summed E-state index contributed by atoms with van der Waals surface area (Å²) in [7, 11) is 0. The predicted octanol–water partition coefficient (Wildman–Crippen LogP) is 1.41. The number of hydrogen-bond acceptors (Lipinski definition) is 2. The molecule has 2 nitrogen and oxygen atoms in total. The highest BCUT2D eigenvalue weighted by Crippen LogP contribution is 2.07. The summed E-state index contributed by atoms with van der Waals surface area (Å²) >= 11 is 0. The Balaban J connectivity index is 2.28. The number of rotatable bonds is 4. The Bertz CT molecular complexity index is 186. The van der Waals surface area contributed by atoms with E-state index in [1.807, 2.05) is 30.3 Å². The molecule has 2 N–H and O–H groups in total. The van der Waals surface area contributed by atoms with Crippen LogP contribution in [0.1, 0.15) is 6.42 Å². The van der Waals surface area contributed by atoms with Gasteiger partial charge in [-0.2, -0.15) is 0 Å². The molecule has 0 amide bonds. The highest BCUT2D eigenvalue weighted by atomic mass is 16.5. The summed E-state index contributed by atoms with van der Waals surface area (Å²) in [5.41, 5.74) is 5.31. The van der Waals surface area contributed by atoms with Gasteiger partial charge in [0.1, 0.15) is 5.75 Å². The molecule has 0 unspecified atom stereocenters. The van der Waals surface area contributed by atoms with Gasteiger partial charge in [-0.3, -0.25) is 0 Å². The van der Waals surface area contributed by atoms with Crippen molar-refractivity contribution in [3.8, 4) is 5.75 Å². The van der Waals surface area contributed by atoms with Gasteiger partial charge < -0.3 is 10.5 Å². The molecule has 60 valence electrons. The molecule has 0 atom stereocenters. The van der Waals surface area contributed by atoms with Gasteiger partial charge in [-0.15, -0.1) is 0 Å². The fraction of sp³-hybridized carbons (Fsp3) is 0.333. The SMILES string of the molecule is NCCCOc1ccccc1. The molecule has 0 aliphatic heterocycles. The molecular weight excluding hydrogens is 138 g/mol. The van der Waals surface area contributed by atoms with E-state index in [0.717, 1.165) is 12.2 Å². The lowest BCUT2D eigenvalue weighted by Gasteiger charge is -2.03. The zero-order valence-electron chi connectivity index (χ0n) is 6.49. The quantitative estimate of drug-likeness (QED) is 0.660. The van der Waals surface area contributed by atoms with Crippen LogP contribution in [0.15, 0.2) is 30.3 Å². The van der Waals surface area contributed by atoms with Crippen LogP contribution in [0, 0.1) is 0 Å². The predicted molar refractivity (Wildman–Crippen MR) is 45.6 cm³/mol. The molecule has 0 saturated carbocycles. The van der Waals surface area contributed by atoms with Crippen molar-refractivity contribution in [3.05, 3.63) is 30.3 Å². The average Bonchev–Trinajstić information content (AvgIpc) is 2.07. The fourth-order valence-corrected chi connectivity index (χ4v) is 0.790. The first kappa shape index (κ1) is 8.08. The summed E-state index contributed by atoms with van der Waals surface area (Å²) < 4.78 is 5.37. The first-order valence-corrected chi connectivity index (χ1v) is 3.81. The van der Waals surface area contributed by atoms with E-state index in [4.69, 9.17) is 10.5 Å². The van der Waals surface area contributed by atoms with Crippen molar-refractivity contribution in [3.63, 3.8) is 0 Å². The highest BCUT2D eigenvalue weighted by molar-refractivity contribution is 5.20. The van der Waals surface area contributed by atoms with Crippen molar-refractivity contribution in [1.82, 2.24) is 0 Å². The number of hydrogen-bond donors (Lipinski definition) is 1. The van der Waals surface area contributed by atoms with Gasteiger partial charge >= 0.3 is 0 Å². The van der Waals surface area contributed by atoms with Crippen LogP contribution in [-0.2, 0) is 0 Å². The molecule has 2 heteroatoms. The van der Waals surface area contributed by atoms with E-state index in [0.29, 0.717) is 13.2 Å². The minimum absolute atomic E-state index is 0.687. The molecule has 0 radical (unpaired) electrons. The van der Waals surface area contributed by atoms with E-state index in [1.54, 1.807) is 0 Å². The van der Waals surface area contributed by atoms with E-state index in [9.17, 15) is 0 Å². The van der Waals surface area contributed by atoms with Gasteiger partial charge in [0, 0.05) is 0 Å². The maximum Gasteiger partial charge on any atom is 0.119 e. The minimum atomic E-state index is 0.687. The first-order chi connectivity index (χ1) is 5.43. The smallest absolute Gasteiger partial charge is 0.119 e. The van der Waals surface area contributed by atoms with Crippen molar-refractivity contribution in [1.29, 1.82) is 0 Å². The Morgan fingerprint density at radius 2 is 1.91 bits per heavy atom. The molecule has 0 spiro atoms. The van der Waals surface area contributed by atoms with Crippen LogP contribution in [0.2, 0.25) is 0 Å². The second-order valence-electron chi connectivity index (χ2n) is 2.30. The Morgan fingerprint density at radius 3 is 2.55 bits per heavy atom. The summed E-state index contributed by atoms with van der Waals surface area (Å²) in [5, 5.41) is 0. The van der Waals surface area contributed by atoms with Crippen LogP contribution in [0.3, 0.4) is 0 Å². The van der Waals surface area contributed by atoms with E-state index in [2.05, 4.69) is 0 Å².